The number of hydrazone groups is 1. The Hall–Kier alpha value is -3.68. The molecule has 1 heterocycles. The van der Waals surface area contributed by atoms with E-state index in [4.69, 9.17) is 0 Å². The van der Waals surface area contributed by atoms with Gasteiger partial charge in [0.05, 0.1) is 17.9 Å². The highest BCUT2D eigenvalue weighted by molar-refractivity contribution is 6.12. The second kappa shape index (κ2) is 10.7. The summed E-state index contributed by atoms with van der Waals surface area (Å²) in [5.41, 5.74) is 2.97. The Bertz CT molecular complexity index is 1130. The zero-order valence-electron chi connectivity index (χ0n) is 21.4. The summed E-state index contributed by atoms with van der Waals surface area (Å²) < 4.78 is 0. The standard InChI is InChI=1S/C27H35N5O3/c1-18(2)14-22-21-12-7-8-13-23(21)31(16-24(33)27(3,4)5)26(35)32(30-22)17-25(34)29-20-11-9-10-19(15-20)28-6/h7-13,15,18,28H,14,16-17H2,1-6H3,(H,29,34). The maximum atomic E-state index is 13.7. The fraction of sp³-hybridized carbons (Fsp3) is 0.407. The summed E-state index contributed by atoms with van der Waals surface area (Å²) >= 11 is 0. The number of para-hydroxylation sites is 1. The molecule has 2 aromatic rings. The molecule has 0 spiro atoms. The van der Waals surface area contributed by atoms with Gasteiger partial charge >= 0.3 is 6.03 Å². The zero-order valence-corrected chi connectivity index (χ0v) is 21.4. The van der Waals surface area contributed by atoms with Gasteiger partial charge in [-0.1, -0.05) is 58.9 Å². The van der Waals surface area contributed by atoms with Gasteiger partial charge in [0.15, 0.2) is 5.78 Å². The summed E-state index contributed by atoms with van der Waals surface area (Å²) in [4.78, 5) is 41.0. The van der Waals surface area contributed by atoms with Crippen LogP contribution in [-0.2, 0) is 9.59 Å². The molecule has 0 atom stereocenters. The molecule has 1 aliphatic rings. The van der Waals surface area contributed by atoms with Crippen LogP contribution in [0.25, 0.3) is 0 Å². The first-order chi connectivity index (χ1) is 16.5. The molecule has 3 rings (SSSR count). The van der Waals surface area contributed by atoms with Crippen LogP contribution in [-0.4, -0.2) is 48.6 Å². The average Bonchev–Trinajstić information content (AvgIpc) is 2.89. The number of nitrogens with one attached hydrogen (secondary N) is 2. The number of carbonyl (C=O) groups excluding carboxylic acids is 3. The van der Waals surface area contributed by atoms with E-state index in [2.05, 4.69) is 29.6 Å². The number of Topliss-reactive ketones (excluding diaryl/α,β-unsaturated/α-hetero) is 1. The molecule has 0 radical (unpaired) electrons. The monoisotopic (exact) mass is 477 g/mol. The van der Waals surface area contributed by atoms with Gasteiger partial charge in [-0.3, -0.25) is 14.5 Å². The van der Waals surface area contributed by atoms with Crippen molar-refractivity contribution in [3.63, 3.8) is 0 Å². The van der Waals surface area contributed by atoms with Crippen molar-refractivity contribution >= 4 is 40.5 Å². The smallest absolute Gasteiger partial charge is 0.345 e. The highest BCUT2D eigenvalue weighted by Gasteiger charge is 2.34. The first-order valence-electron chi connectivity index (χ1n) is 11.9. The first-order valence-corrected chi connectivity index (χ1v) is 11.9. The third kappa shape index (κ3) is 6.47. The van der Waals surface area contributed by atoms with E-state index in [1.165, 1.54) is 9.91 Å². The summed E-state index contributed by atoms with van der Waals surface area (Å²) in [5, 5.41) is 11.7. The van der Waals surface area contributed by atoms with Crippen LogP contribution < -0.4 is 15.5 Å². The summed E-state index contributed by atoms with van der Waals surface area (Å²) in [5.74, 6) is -0.187. The van der Waals surface area contributed by atoms with Crippen LogP contribution in [0.5, 0.6) is 0 Å². The van der Waals surface area contributed by atoms with E-state index in [0.717, 1.165) is 11.3 Å². The Labute approximate surface area is 207 Å². The maximum absolute atomic E-state index is 13.7. The third-order valence-electron chi connectivity index (χ3n) is 5.67. The van der Waals surface area contributed by atoms with Crippen LogP contribution in [0.15, 0.2) is 53.6 Å². The summed E-state index contributed by atoms with van der Waals surface area (Å²) in [6.07, 6.45) is 0.619. The van der Waals surface area contributed by atoms with E-state index in [9.17, 15) is 14.4 Å². The molecule has 35 heavy (non-hydrogen) atoms. The number of fused-ring (bicyclic) bond motifs is 1. The zero-order chi connectivity index (χ0) is 25.8. The minimum atomic E-state index is -0.621. The summed E-state index contributed by atoms with van der Waals surface area (Å²) in [7, 11) is 1.80. The van der Waals surface area contributed by atoms with Gasteiger partial charge in [0, 0.05) is 29.4 Å². The first kappa shape index (κ1) is 25.9. The highest BCUT2D eigenvalue weighted by atomic mass is 16.2. The number of hydrogen-bond donors (Lipinski definition) is 2. The van der Waals surface area contributed by atoms with Crippen LogP contribution in [0, 0.1) is 11.3 Å². The predicted molar refractivity (Wildman–Crippen MR) is 141 cm³/mol. The number of urea groups is 1. The summed E-state index contributed by atoms with van der Waals surface area (Å²) in [6, 6.07) is 14.3. The molecule has 1 aliphatic heterocycles. The molecular formula is C27H35N5O3. The Morgan fingerprint density at radius 2 is 1.69 bits per heavy atom. The van der Waals surface area contributed by atoms with Crippen LogP contribution in [0.3, 0.4) is 0 Å². The van der Waals surface area contributed by atoms with Crippen molar-refractivity contribution in [3.8, 4) is 0 Å². The fourth-order valence-corrected chi connectivity index (χ4v) is 3.70. The molecule has 3 amide bonds. The number of nitrogens with zero attached hydrogens (tertiary/aromatic N) is 3. The van der Waals surface area contributed by atoms with Gasteiger partial charge in [-0.15, -0.1) is 0 Å². The molecule has 0 aromatic heterocycles. The van der Waals surface area contributed by atoms with E-state index in [0.29, 0.717) is 23.5 Å². The lowest BCUT2D eigenvalue weighted by atomic mass is 9.90. The van der Waals surface area contributed by atoms with Crippen molar-refractivity contribution < 1.29 is 14.4 Å². The van der Waals surface area contributed by atoms with Gasteiger partial charge in [-0.05, 0) is 36.6 Å². The number of rotatable bonds is 8. The van der Waals surface area contributed by atoms with E-state index in [1.54, 1.807) is 19.2 Å². The largest absolute Gasteiger partial charge is 0.388 e. The van der Waals surface area contributed by atoms with Crippen LogP contribution in [0.1, 0.15) is 46.6 Å². The number of anilines is 3. The van der Waals surface area contributed by atoms with E-state index < -0.39 is 11.4 Å². The third-order valence-corrected chi connectivity index (χ3v) is 5.67. The lowest BCUT2D eigenvalue weighted by Gasteiger charge is -2.28. The number of hydrogen-bond acceptors (Lipinski definition) is 5. The Balaban J connectivity index is 1.96. The van der Waals surface area contributed by atoms with Crippen molar-refractivity contribution in [2.24, 2.45) is 16.4 Å². The van der Waals surface area contributed by atoms with Crippen LogP contribution in [0.4, 0.5) is 21.9 Å². The van der Waals surface area contributed by atoms with E-state index >= 15 is 0 Å². The van der Waals surface area contributed by atoms with Crippen molar-refractivity contribution in [1.29, 1.82) is 0 Å². The molecule has 0 saturated heterocycles. The summed E-state index contributed by atoms with van der Waals surface area (Å²) in [6.45, 7) is 9.25. The molecule has 0 bridgehead atoms. The Kier molecular flexibility index (Phi) is 7.94. The minimum Gasteiger partial charge on any atom is -0.388 e. The number of ketones is 1. The molecule has 0 unspecified atom stereocenters. The van der Waals surface area contributed by atoms with Gasteiger partial charge in [0.1, 0.15) is 6.54 Å². The van der Waals surface area contributed by atoms with Gasteiger partial charge in [-0.25, -0.2) is 9.80 Å². The Morgan fingerprint density at radius 3 is 2.34 bits per heavy atom. The number of amides is 3. The van der Waals surface area contributed by atoms with Crippen molar-refractivity contribution in [1.82, 2.24) is 5.01 Å². The highest BCUT2D eigenvalue weighted by Crippen LogP contribution is 2.29. The van der Waals surface area contributed by atoms with E-state index in [-0.39, 0.29) is 30.7 Å². The molecule has 2 aromatic carbocycles. The Morgan fingerprint density at radius 1 is 1.00 bits per heavy atom. The molecule has 2 N–H and O–H groups in total. The molecule has 8 heteroatoms. The second-order valence-electron chi connectivity index (χ2n) is 10.1. The second-order valence-corrected chi connectivity index (χ2v) is 10.1. The van der Waals surface area contributed by atoms with Crippen LogP contribution >= 0.6 is 0 Å². The maximum Gasteiger partial charge on any atom is 0.345 e. The van der Waals surface area contributed by atoms with Gasteiger partial charge < -0.3 is 10.6 Å². The van der Waals surface area contributed by atoms with Gasteiger partial charge in [0.2, 0.25) is 5.91 Å². The molecule has 0 fully saturated rings. The van der Waals surface area contributed by atoms with Gasteiger partial charge in [-0.2, -0.15) is 5.10 Å². The SMILES string of the molecule is CNc1cccc(NC(=O)CN2N=C(CC(C)C)c3ccccc3N(CC(=O)C(C)(C)C)C2=O)c1. The van der Waals surface area contributed by atoms with E-state index in [1.807, 2.05) is 57.2 Å². The van der Waals surface area contributed by atoms with Crippen molar-refractivity contribution in [2.75, 3.05) is 35.7 Å². The molecule has 0 saturated carbocycles. The number of benzene rings is 2. The average molecular weight is 478 g/mol. The van der Waals surface area contributed by atoms with Gasteiger partial charge in [0.25, 0.3) is 0 Å². The number of carbonyl (C=O) groups is 3. The molecule has 0 aliphatic carbocycles. The van der Waals surface area contributed by atoms with Crippen molar-refractivity contribution in [3.05, 3.63) is 54.1 Å². The molecule has 186 valence electrons. The molecule has 8 nitrogen and oxygen atoms in total. The van der Waals surface area contributed by atoms with Crippen molar-refractivity contribution in [2.45, 2.75) is 41.0 Å². The quantitative estimate of drug-likeness (QED) is 0.561. The lowest BCUT2D eigenvalue weighted by Crippen LogP contribution is -2.47. The van der Waals surface area contributed by atoms with Crippen LogP contribution in [0.2, 0.25) is 0 Å². The topological polar surface area (TPSA) is 94.1 Å². The lowest BCUT2D eigenvalue weighted by molar-refractivity contribution is -0.124. The molecular weight excluding hydrogens is 442 g/mol. The fourth-order valence-electron chi connectivity index (χ4n) is 3.70. The minimum absolute atomic E-state index is 0.0822. The predicted octanol–water partition coefficient (Wildman–Crippen LogP) is 4.97. The normalized spacial score (nSPS) is 13.8.